The van der Waals surface area contributed by atoms with Crippen molar-refractivity contribution < 1.29 is 24.3 Å². The Bertz CT molecular complexity index is 974. The van der Waals surface area contributed by atoms with Crippen molar-refractivity contribution in [3.63, 3.8) is 0 Å². The van der Waals surface area contributed by atoms with E-state index in [1.165, 1.54) is 18.9 Å². The third kappa shape index (κ3) is 8.21. The summed E-state index contributed by atoms with van der Waals surface area (Å²) in [5, 5.41) is 17.2. The van der Waals surface area contributed by atoms with Crippen LogP contribution in [0.3, 0.4) is 0 Å². The highest BCUT2D eigenvalue weighted by molar-refractivity contribution is 5.94. The van der Waals surface area contributed by atoms with E-state index in [0.717, 1.165) is 0 Å². The summed E-state index contributed by atoms with van der Waals surface area (Å²) in [5.41, 5.74) is 7.26. The Kier molecular flexibility index (Phi) is 9.94. The maximum Gasteiger partial charge on any atom is 0.326 e. The highest BCUT2D eigenvalue weighted by Gasteiger charge is 2.33. The van der Waals surface area contributed by atoms with E-state index in [0.29, 0.717) is 11.4 Å². The van der Waals surface area contributed by atoms with Crippen LogP contribution in [0.25, 0.3) is 0 Å². The van der Waals surface area contributed by atoms with Crippen molar-refractivity contribution in [2.45, 2.75) is 64.7 Å². The molecule has 0 aromatic carbocycles. The fourth-order valence-electron chi connectivity index (χ4n) is 3.38. The normalized spacial score (nSPS) is 14.7. The van der Waals surface area contributed by atoms with Gasteiger partial charge in [0.25, 0.3) is 0 Å². The highest BCUT2D eigenvalue weighted by Crippen LogP contribution is 2.08. The second-order valence-electron chi connectivity index (χ2n) is 9.03. The maximum absolute atomic E-state index is 13.2. The van der Waals surface area contributed by atoms with E-state index in [4.69, 9.17) is 5.73 Å². The van der Waals surface area contributed by atoms with Gasteiger partial charge in [-0.1, -0.05) is 27.7 Å². The van der Waals surface area contributed by atoms with Crippen LogP contribution in [-0.2, 0) is 32.0 Å². The van der Waals surface area contributed by atoms with Gasteiger partial charge in [0, 0.05) is 36.6 Å². The van der Waals surface area contributed by atoms with Gasteiger partial charge in [0.15, 0.2) is 0 Å². The summed E-state index contributed by atoms with van der Waals surface area (Å²) in [6.45, 7) is 6.78. The minimum Gasteiger partial charge on any atom is -0.480 e. The average Bonchev–Trinajstić information content (AvgIpc) is 3.48. The number of hydrogen-bond donors (Lipinski definition) is 7. The number of imidazole rings is 2. The Morgan fingerprint density at radius 1 is 0.829 bits per heavy atom. The molecule has 3 amide bonds. The molecule has 8 N–H and O–H groups in total. The largest absolute Gasteiger partial charge is 0.480 e. The van der Waals surface area contributed by atoms with E-state index in [9.17, 15) is 24.3 Å². The Morgan fingerprint density at radius 2 is 1.34 bits per heavy atom. The topological polar surface area (TPSA) is 208 Å². The van der Waals surface area contributed by atoms with Gasteiger partial charge in [0.1, 0.15) is 18.1 Å². The lowest BCUT2D eigenvalue weighted by atomic mass is 9.99. The van der Waals surface area contributed by atoms with Crippen molar-refractivity contribution in [3.8, 4) is 0 Å². The molecule has 0 spiro atoms. The number of carboxylic acids is 1. The molecule has 0 bridgehead atoms. The van der Waals surface area contributed by atoms with E-state index in [2.05, 4.69) is 35.9 Å². The van der Waals surface area contributed by atoms with Crippen molar-refractivity contribution in [2.24, 2.45) is 17.6 Å². The van der Waals surface area contributed by atoms with Gasteiger partial charge in [-0.05, 0) is 11.8 Å². The Labute approximate surface area is 203 Å². The van der Waals surface area contributed by atoms with E-state index < -0.39 is 47.9 Å². The SMILES string of the molecule is CC(C)C(NC(=O)C(NC(=O)C(Cc1cnc[nH]1)NC(=O)C(N)Cc1cnc[nH]1)C(C)C)C(=O)O. The van der Waals surface area contributed by atoms with Crippen molar-refractivity contribution >= 4 is 23.7 Å². The van der Waals surface area contributed by atoms with Crippen LogP contribution in [0.15, 0.2) is 25.0 Å². The summed E-state index contributed by atoms with van der Waals surface area (Å²) in [5.74, 6) is -3.69. The molecule has 4 atom stereocenters. The molecule has 2 rings (SSSR count). The summed E-state index contributed by atoms with van der Waals surface area (Å²) in [4.78, 5) is 63.9. The van der Waals surface area contributed by atoms with Crippen LogP contribution in [0, 0.1) is 11.8 Å². The van der Waals surface area contributed by atoms with Gasteiger partial charge < -0.3 is 36.8 Å². The molecule has 2 aromatic rings. The highest BCUT2D eigenvalue weighted by atomic mass is 16.4. The van der Waals surface area contributed by atoms with Crippen LogP contribution in [0.5, 0.6) is 0 Å². The van der Waals surface area contributed by atoms with Gasteiger partial charge in [0.05, 0.1) is 18.7 Å². The summed E-state index contributed by atoms with van der Waals surface area (Å²) in [6, 6.07) is -4.14. The molecule has 0 saturated heterocycles. The molecule has 2 aromatic heterocycles. The van der Waals surface area contributed by atoms with E-state index in [1.807, 2.05) is 0 Å². The molecule has 0 aliphatic rings. The molecule has 192 valence electrons. The lowest BCUT2D eigenvalue weighted by molar-refractivity contribution is -0.143. The first-order valence-corrected chi connectivity index (χ1v) is 11.3. The zero-order valence-corrected chi connectivity index (χ0v) is 20.2. The zero-order chi connectivity index (χ0) is 26.1. The first-order valence-electron chi connectivity index (χ1n) is 11.3. The van der Waals surface area contributed by atoms with Crippen LogP contribution in [0.4, 0.5) is 0 Å². The van der Waals surface area contributed by atoms with Gasteiger partial charge in [-0.25, -0.2) is 14.8 Å². The fraction of sp³-hybridized carbons (Fsp3) is 0.545. The van der Waals surface area contributed by atoms with Gasteiger partial charge in [-0.3, -0.25) is 14.4 Å². The average molecular weight is 491 g/mol. The van der Waals surface area contributed by atoms with Crippen LogP contribution >= 0.6 is 0 Å². The Balaban J connectivity index is 2.14. The third-order valence-electron chi connectivity index (χ3n) is 5.42. The number of carbonyl (C=O) groups excluding carboxylic acids is 3. The van der Waals surface area contributed by atoms with Crippen molar-refractivity contribution in [3.05, 3.63) is 36.4 Å². The Hall–Kier alpha value is -3.74. The molecule has 0 saturated carbocycles. The number of hydrogen-bond acceptors (Lipinski definition) is 7. The molecular weight excluding hydrogens is 456 g/mol. The van der Waals surface area contributed by atoms with Gasteiger partial charge in [-0.15, -0.1) is 0 Å². The summed E-state index contributed by atoms with van der Waals surface area (Å²) < 4.78 is 0. The minimum absolute atomic E-state index is 0.0739. The van der Waals surface area contributed by atoms with Crippen LogP contribution in [0.1, 0.15) is 39.1 Å². The van der Waals surface area contributed by atoms with Crippen LogP contribution < -0.4 is 21.7 Å². The monoisotopic (exact) mass is 490 g/mol. The molecule has 0 aliphatic carbocycles. The number of aliphatic carboxylic acids is 1. The number of nitrogens with two attached hydrogens (primary N) is 1. The molecular formula is C22H34N8O5. The lowest BCUT2D eigenvalue weighted by Gasteiger charge is -2.27. The van der Waals surface area contributed by atoms with Gasteiger partial charge in [-0.2, -0.15) is 0 Å². The Morgan fingerprint density at radius 3 is 1.80 bits per heavy atom. The molecule has 0 aliphatic heterocycles. The number of aromatic nitrogens is 4. The molecule has 0 fully saturated rings. The number of aromatic amines is 2. The van der Waals surface area contributed by atoms with Crippen LogP contribution in [-0.4, -0.2) is 72.9 Å². The number of amides is 3. The molecule has 0 radical (unpaired) electrons. The summed E-state index contributed by atoms with van der Waals surface area (Å²) >= 11 is 0. The number of carbonyl (C=O) groups is 4. The first kappa shape index (κ1) is 27.5. The van der Waals surface area contributed by atoms with E-state index in [-0.39, 0.29) is 24.7 Å². The zero-order valence-electron chi connectivity index (χ0n) is 20.2. The predicted octanol–water partition coefficient (Wildman–Crippen LogP) is -0.904. The molecule has 13 heteroatoms. The lowest BCUT2D eigenvalue weighted by Crippen LogP contribution is -2.59. The third-order valence-corrected chi connectivity index (χ3v) is 5.42. The van der Waals surface area contributed by atoms with Crippen molar-refractivity contribution in [1.29, 1.82) is 0 Å². The first-order chi connectivity index (χ1) is 16.5. The summed E-state index contributed by atoms with van der Waals surface area (Å²) in [7, 11) is 0. The quantitative estimate of drug-likeness (QED) is 0.187. The van der Waals surface area contributed by atoms with Crippen LogP contribution in [0.2, 0.25) is 0 Å². The van der Waals surface area contributed by atoms with Gasteiger partial charge in [0.2, 0.25) is 17.7 Å². The smallest absolute Gasteiger partial charge is 0.326 e. The molecule has 4 unspecified atom stereocenters. The van der Waals surface area contributed by atoms with E-state index in [1.54, 1.807) is 33.9 Å². The van der Waals surface area contributed by atoms with Crippen molar-refractivity contribution in [2.75, 3.05) is 0 Å². The van der Waals surface area contributed by atoms with Crippen molar-refractivity contribution in [1.82, 2.24) is 35.9 Å². The number of nitrogens with one attached hydrogen (secondary N) is 5. The fourth-order valence-corrected chi connectivity index (χ4v) is 3.38. The maximum atomic E-state index is 13.2. The molecule has 2 heterocycles. The molecule has 13 nitrogen and oxygen atoms in total. The second-order valence-corrected chi connectivity index (χ2v) is 9.03. The predicted molar refractivity (Wildman–Crippen MR) is 126 cm³/mol. The standard InChI is InChI=1S/C22H34N8O5/c1-11(2)17(21(33)30-18(12(3)4)22(34)35)29-20(32)16(6-14-8-25-10-27-14)28-19(31)15(23)5-13-7-24-9-26-13/h7-12,15-18H,5-6,23H2,1-4H3,(H,24,26)(H,25,27)(H,28,31)(H,29,32)(H,30,33)(H,34,35). The number of rotatable bonds is 13. The summed E-state index contributed by atoms with van der Waals surface area (Å²) in [6.07, 6.45) is 6.24. The van der Waals surface area contributed by atoms with E-state index >= 15 is 0 Å². The number of H-pyrrole nitrogens is 2. The second kappa shape index (κ2) is 12.6. The minimum atomic E-state index is -1.17. The van der Waals surface area contributed by atoms with Gasteiger partial charge >= 0.3 is 5.97 Å². The molecule has 35 heavy (non-hydrogen) atoms. The number of nitrogens with zero attached hydrogens (tertiary/aromatic N) is 2. The number of carboxylic acid groups (broad SMARTS) is 1.